The van der Waals surface area contributed by atoms with Crippen molar-refractivity contribution in [3.63, 3.8) is 0 Å². The molecule has 1 amide bonds. The largest absolute Gasteiger partial charge is 0.481 e. The van der Waals surface area contributed by atoms with Crippen molar-refractivity contribution >= 4 is 11.9 Å². The van der Waals surface area contributed by atoms with Gasteiger partial charge in [-0.05, 0) is 18.9 Å². The molecule has 3 N–H and O–H groups in total. The molecule has 98 valence electrons. The van der Waals surface area contributed by atoms with E-state index >= 15 is 0 Å². The molecule has 6 heteroatoms. The lowest BCUT2D eigenvalue weighted by molar-refractivity contribution is -0.137. The zero-order valence-corrected chi connectivity index (χ0v) is 9.94. The highest BCUT2D eigenvalue weighted by atomic mass is 16.4. The van der Waals surface area contributed by atoms with Gasteiger partial charge in [0.25, 0.3) is 5.91 Å². The third kappa shape index (κ3) is 5.29. The van der Waals surface area contributed by atoms with Gasteiger partial charge < -0.3 is 15.4 Å². The predicted molar refractivity (Wildman–Crippen MR) is 65.5 cm³/mol. The smallest absolute Gasteiger partial charge is 0.303 e. The number of hydrogen-bond acceptors (Lipinski definition) is 3. The van der Waals surface area contributed by atoms with Crippen LogP contribution in [0.1, 0.15) is 36.0 Å². The number of H-pyrrole nitrogens is 1. The zero-order valence-electron chi connectivity index (χ0n) is 9.94. The van der Waals surface area contributed by atoms with E-state index in [-0.39, 0.29) is 17.9 Å². The number of carboxylic acid groups (broad SMARTS) is 1. The predicted octanol–water partition coefficient (Wildman–Crippen LogP) is 0.750. The molecule has 0 aliphatic carbocycles. The molecule has 0 saturated heterocycles. The Hall–Kier alpha value is -2.11. The minimum Gasteiger partial charge on any atom is -0.481 e. The van der Waals surface area contributed by atoms with Crippen LogP contribution in [-0.2, 0) is 4.79 Å². The number of nitrogens with one attached hydrogen (secondary N) is 2. The summed E-state index contributed by atoms with van der Waals surface area (Å²) in [6.07, 6.45) is 3.64. The molecule has 0 aliphatic rings. The van der Waals surface area contributed by atoms with E-state index in [9.17, 15) is 14.4 Å². The monoisotopic (exact) mass is 252 g/mol. The van der Waals surface area contributed by atoms with Crippen LogP contribution in [0.5, 0.6) is 0 Å². The number of rotatable bonds is 7. The second kappa shape index (κ2) is 7.26. The summed E-state index contributed by atoms with van der Waals surface area (Å²) in [7, 11) is 0. The second-order valence-electron chi connectivity index (χ2n) is 3.90. The molecule has 0 saturated carbocycles. The number of hydrogen-bond donors (Lipinski definition) is 3. The Morgan fingerprint density at radius 3 is 2.61 bits per heavy atom. The number of unbranched alkanes of at least 4 members (excludes halogenated alkanes) is 2. The molecule has 0 fully saturated rings. The summed E-state index contributed by atoms with van der Waals surface area (Å²) in [5.41, 5.74) is 0.153. The van der Waals surface area contributed by atoms with Gasteiger partial charge in [0.2, 0.25) is 5.56 Å². The third-order valence-electron chi connectivity index (χ3n) is 2.40. The molecule has 1 rings (SSSR count). The van der Waals surface area contributed by atoms with E-state index in [2.05, 4.69) is 10.3 Å². The Bertz CT molecular complexity index is 447. The molecule has 0 atom stereocenters. The molecule has 18 heavy (non-hydrogen) atoms. The van der Waals surface area contributed by atoms with Crippen LogP contribution in [-0.4, -0.2) is 28.5 Å². The molecule has 0 unspecified atom stereocenters. The Morgan fingerprint density at radius 2 is 2.00 bits per heavy atom. The van der Waals surface area contributed by atoms with E-state index in [1.807, 2.05) is 0 Å². The summed E-state index contributed by atoms with van der Waals surface area (Å²) < 4.78 is 0. The first-order valence-corrected chi connectivity index (χ1v) is 5.78. The Balaban J connectivity index is 2.19. The number of aromatic amines is 1. The van der Waals surface area contributed by atoms with Crippen molar-refractivity contribution in [1.29, 1.82) is 0 Å². The number of aromatic nitrogens is 1. The first-order valence-electron chi connectivity index (χ1n) is 5.78. The van der Waals surface area contributed by atoms with Gasteiger partial charge in [0.15, 0.2) is 0 Å². The van der Waals surface area contributed by atoms with Crippen molar-refractivity contribution in [3.8, 4) is 0 Å². The average molecular weight is 252 g/mol. The number of carbonyl (C=O) groups is 2. The van der Waals surface area contributed by atoms with Crippen LogP contribution in [0.25, 0.3) is 0 Å². The van der Waals surface area contributed by atoms with E-state index < -0.39 is 5.97 Å². The molecular weight excluding hydrogens is 236 g/mol. The minimum atomic E-state index is -0.799. The van der Waals surface area contributed by atoms with E-state index in [0.29, 0.717) is 18.5 Å². The van der Waals surface area contributed by atoms with E-state index in [1.54, 1.807) is 0 Å². The molecule has 1 aromatic heterocycles. The van der Waals surface area contributed by atoms with Gasteiger partial charge >= 0.3 is 5.97 Å². The van der Waals surface area contributed by atoms with Crippen molar-refractivity contribution in [2.75, 3.05) is 6.54 Å². The van der Waals surface area contributed by atoms with Crippen LogP contribution in [0.15, 0.2) is 23.1 Å². The van der Waals surface area contributed by atoms with Gasteiger partial charge in [0.1, 0.15) is 0 Å². The van der Waals surface area contributed by atoms with E-state index in [4.69, 9.17) is 5.11 Å². The molecular formula is C12H16N2O4. The zero-order chi connectivity index (χ0) is 13.4. The molecule has 0 bridgehead atoms. The van der Waals surface area contributed by atoms with Crippen LogP contribution in [0.2, 0.25) is 0 Å². The highest BCUT2D eigenvalue weighted by Crippen LogP contribution is 1.99. The maximum absolute atomic E-state index is 11.6. The van der Waals surface area contributed by atoms with Gasteiger partial charge in [-0.2, -0.15) is 0 Å². The fourth-order valence-electron chi connectivity index (χ4n) is 1.43. The molecule has 0 spiro atoms. The van der Waals surface area contributed by atoms with Crippen LogP contribution in [0, 0.1) is 0 Å². The van der Waals surface area contributed by atoms with Crippen molar-refractivity contribution < 1.29 is 14.7 Å². The van der Waals surface area contributed by atoms with Crippen LogP contribution in [0.3, 0.4) is 0 Å². The Morgan fingerprint density at radius 1 is 1.22 bits per heavy atom. The fourth-order valence-corrected chi connectivity index (χ4v) is 1.43. The summed E-state index contributed by atoms with van der Waals surface area (Å²) in [5, 5.41) is 11.1. The van der Waals surface area contributed by atoms with E-state index in [1.165, 1.54) is 18.3 Å². The molecule has 1 aromatic rings. The van der Waals surface area contributed by atoms with Crippen molar-refractivity contribution in [3.05, 3.63) is 34.2 Å². The van der Waals surface area contributed by atoms with Gasteiger partial charge in [0.05, 0.1) is 5.56 Å². The quantitative estimate of drug-likeness (QED) is 0.623. The van der Waals surface area contributed by atoms with Gasteiger partial charge in [-0.3, -0.25) is 14.4 Å². The maximum Gasteiger partial charge on any atom is 0.303 e. The standard InChI is InChI=1S/C12H16N2O4/c15-10-6-5-9(8-14-10)12(18)13-7-3-1-2-4-11(16)17/h5-6,8H,1-4,7H2,(H,13,18)(H,14,15)(H,16,17). The normalized spacial score (nSPS) is 10.0. The third-order valence-corrected chi connectivity index (χ3v) is 2.40. The number of aliphatic carboxylic acids is 1. The van der Waals surface area contributed by atoms with Gasteiger partial charge in [0, 0.05) is 25.2 Å². The molecule has 0 aliphatic heterocycles. The summed E-state index contributed by atoms with van der Waals surface area (Å²) >= 11 is 0. The number of carbonyl (C=O) groups excluding carboxylic acids is 1. The van der Waals surface area contributed by atoms with Gasteiger partial charge in [-0.1, -0.05) is 6.42 Å². The first kappa shape index (κ1) is 14.0. The van der Waals surface area contributed by atoms with Crippen molar-refractivity contribution in [1.82, 2.24) is 10.3 Å². The van der Waals surface area contributed by atoms with Gasteiger partial charge in [-0.15, -0.1) is 0 Å². The Labute approximate surface area is 104 Å². The van der Waals surface area contributed by atoms with Crippen molar-refractivity contribution in [2.24, 2.45) is 0 Å². The maximum atomic E-state index is 11.6. The summed E-state index contributed by atoms with van der Waals surface area (Å²) in [4.78, 5) is 35.0. The molecule has 6 nitrogen and oxygen atoms in total. The summed E-state index contributed by atoms with van der Waals surface area (Å²) in [6, 6.07) is 2.75. The SMILES string of the molecule is O=C(O)CCCCCNC(=O)c1ccc(=O)[nH]c1. The van der Waals surface area contributed by atoms with Crippen LogP contribution in [0.4, 0.5) is 0 Å². The molecule has 0 radical (unpaired) electrons. The fraction of sp³-hybridized carbons (Fsp3) is 0.417. The highest BCUT2D eigenvalue weighted by Gasteiger charge is 2.04. The lowest BCUT2D eigenvalue weighted by Crippen LogP contribution is -2.25. The summed E-state index contributed by atoms with van der Waals surface area (Å²) in [5.74, 6) is -1.04. The number of amides is 1. The first-order chi connectivity index (χ1) is 8.59. The van der Waals surface area contributed by atoms with E-state index in [0.717, 1.165) is 12.8 Å². The molecule has 0 aromatic carbocycles. The topological polar surface area (TPSA) is 99.3 Å². The Kier molecular flexibility index (Phi) is 5.63. The highest BCUT2D eigenvalue weighted by molar-refractivity contribution is 5.93. The van der Waals surface area contributed by atoms with Crippen LogP contribution >= 0.6 is 0 Å². The average Bonchev–Trinajstić information content (AvgIpc) is 2.34. The lowest BCUT2D eigenvalue weighted by atomic mass is 10.2. The number of carboxylic acids is 1. The second-order valence-corrected chi connectivity index (χ2v) is 3.90. The summed E-state index contributed by atoms with van der Waals surface area (Å²) in [6.45, 7) is 0.498. The lowest BCUT2D eigenvalue weighted by Gasteiger charge is -2.04. The minimum absolute atomic E-state index is 0.161. The number of pyridine rings is 1. The van der Waals surface area contributed by atoms with Gasteiger partial charge in [-0.25, -0.2) is 0 Å². The van der Waals surface area contributed by atoms with Crippen molar-refractivity contribution in [2.45, 2.75) is 25.7 Å². The molecule has 1 heterocycles. The van der Waals surface area contributed by atoms with Crippen LogP contribution < -0.4 is 10.9 Å².